The normalized spacial score (nSPS) is 14.1. The lowest BCUT2D eigenvalue weighted by Gasteiger charge is -2.21. The van der Waals surface area contributed by atoms with Gasteiger partial charge in [-0.15, -0.1) is 11.8 Å². The van der Waals surface area contributed by atoms with Crippen molar-refractivity contribution in [1.29, 1.82) is 0 Å². The molecule has 2 atom stereocenters. The first-order valence-corrected chi connectivity index (χ1v) is 8.04. The summed E-state index contributed by atoms with van der Waals surface area (Å²) in [7, 11) is 0. The molecule has 100 valence electrons. The third-order valence-electron chi connectivity index (χ3n) is 2.75. The monoisotopic (exact) mass is 355 g/mol. The Hall–Kier alpha value is -0.480. The second-order valence-electron chi connectivity index (χ2n) is 4.40. The zero-order chi connectivity index (χ0) is 13.8. The summed E-state index contributed by atoms with van der Waals surface area (Å²) in [6.45, 7) is 2.04. The van der Waals surface area contributed by atoms with Crippen molar-refractivity contribution in [2.75, 3.05) is 0 Å². The average Bonchev–Trinajstić information content (AvgIpc) is 2.39. The standard InChI is InChI=1S/C15H15BrClNS/c1-10(18)15(11-2-4-12(16)5-3-11)19-14-8-6-13(17)7-9-14/h2-10,15H,18H2,1H3. The molecule has 0 spiro atoms. The molecule has 0 bridgehead atoms. The number of rotatable bonds is 4. The summed E-state index contributed by atoms with van der Waals surface area (Å²) in [5.74, 6) is 0. The molecule has 2 N–H and O–H groups in total. The van der Waals surface area contributed by atoms with Crippen molar-refractivity contribution in [3.8, 4) is 0 Å². The van der Waals surface area contributed by atoms with Crippen LogP contribution in [0, 0.1) is 0 Å². The van der Waals surface area contributed by atoms with Gasteiger partial charge < -0.3 is 5.73 Å². The molecule has 0 fully saturated rings. The molecule has 0 aromatic heterocycles. The number of halogens is 2. The van der Waals surface area contributed by atoms with Crippen LogP contribution in [0.15, 0.2) is 57.9 Å². The summed E-state index contributed by atoms with van der Waals surface area (Å²) in [5.41, 5.74) is 7.36. The van der Waals surface area contributed by atoms with Crippen LogP contribution in [-0.4, -0.2) is 6.04 Å². The van der Waals surface area contributed by atoms with Crippen molar-refractivity contribution in [2.24, 2.45) is 5.73 Å². The van der Waals surface area contributed by atoms with Crippen molar-refractivity contribution >= 4 is 39.3 Å². The summed E-state index contributed by atoms with van der Waals surface area (Å²) in [4.78, 5) is 1.18. The van der Waals surface area contributed by atoms with Gasteiger partial charge in [-0.3, -0.25) is 0 Å². The Kier molecular flexibility index (Phi) is 5.34. The molecule has 2 unspecified atom stereocenters. The van der Waals surface area contributed by atoms with E-state index >= 15 is 0 Å². The first-order valence-electron chi connectivity index (χ1n) is 5.99. The highest BCUT2D eigenvalue weighted by molar-refractivity contribution is 9.10. The highest BCUT2D eigenvalue weighted by Crippen LogP contribution is 2.37. The minimum atomic E-state index is 0.0712. The lowest BCUT2D eigenvalue weighted by molar-refractivity contribution is 0.721. The van der Waals surface area contributed by atoms with Crippen molar-refractivity contribution in [1.82, 2.24) is 0 Å². The van der Waals surface area contributed by atoms with Crippen LogP contribution in [0.5, 0.6) is 0 Å². The lowest BCUT2D eigenvalue weighted by Crippen LogP contribution is -2.22. The van der Waals surface area contributed by atoms with E-state index in [0.29, 0.717) is 0 Å². The fraction of sp³-hybridized carbons (Fsp3) is 0.200. The van der Waals surface area contributed by atoms with Crippen molar-refractivity contribution in [3.05, 3.63) is 63.6 Å². The summed E-state index contributed by atoms with van der Waals surface area (Å²) >= 11 is 11.1. The molecular weight excluding hydrogens is 342 g/mol. The number of hydrogen-bond donors (Lipinski definition) is 1. The number of hydrogen-bond acceptors (Lipinski definition) is 2. The van der Waals surface area contributed by atoms with Gasteiger partial charge in [0.1, 0.15) is 0 Å². The Labute approximate surface area is 131 Å². The number of thioether (sulfide) groups is 1. The van der Waals surface area contributed by atoms with E-state index in [2.05, 4.69) is 28.1 Å². The van der Waals surface area contributed by atoms with Crippen molar-refractivity contribution < 1.29 is 0 Å². The molecule has 0 heterocycles. The summed E-state index contributed by atoms with van der Waals surface area (Å²) < 4.78 is 1.08. The summed E-state index contributed by atoms with van der Waals surface area (Å²) in [5, 5.41) is 0.986. The predicted molar refractivity (Wildman–Crippen MR) is 87.8 cm³/mol. The Morgan fingerprint density at radius 1 is 1.05 bits per heavy atom. The van der Waals surface area contributed by atoms with Crippen LogP contribution in [0.1, 0.15) is 17.7 Å². The van der Waals surface area contributed by atoms with Crippen LogP contribution >= 0.6 is 39.3 Å². The van der Waals surface area contributed by atoms with Gasteiger partial charge in [-0.25, -0.2) is 0 Å². The average molecular weight is 357 g/mol. The molecule has 0 saturated carbocycles. The Morgan fingerprint density at radius 2 is 1.63 bits per heavy atom. The van der Waals surface area contributed by atoms with Gasteiger partial charge in [0.25, 0.3) is 0 Å². The Morgan fingerprint density at radius 3 is 2.16 bits per heavy atom. The predicted octanol–water partition coefficient (Wildman–Crippen LogP) is 5.28. The van der Waals surface area contributed by atoms with E-state index in [0.717, 1.165) is 9.50 Å². The second kappa shape index (κ2) is 6.80. The summed E-state index contributed by atoms with van der Waals surface area (Å²) in [6.07, 6.45) is 0. The quantitative estimate of drug-likeness (QED) is 0.754. The second-order valence-corrected chi connectivity index (χ2v) is 6.97. The molecule has 0 aliphatic heterocycles. The van der Waals surface area contributed by atoms with Crippen LogP contribution in [-0.2, 0) is 0 Å². The Bertz CT molecular complexity index is 525. The smallest absolute Gasteiger partial charge is 0.0492 e. The largest absolute Gasteiger partial charge is 0.327 e. The van der Waals surface area contributed by atoms with Gasteiger partial charge >= 0.3 is 0 Å². The van der Waals surface area contributed by atoms with Gasteiger partial charge in [0.2, 0.25) is 0 Å². The molecule has 2 rings (SSSR count). The highest BCUT2D eigenvalue weighted by Gasteiger charge is 2.17. The molecule has 0 radical (unpaired) electrons. The minimum Gasteiger partial charge on any atom is -0.327 e. The van der Waals surface area contributed by atoms with Crippen LogP contribution in [0.2, 0.25) is 5.02 Å². The molecule has 1 nitrogen and oxygen atoms in total. The molecule has 4 heteroatoms. The maximum absolute atomic E-state index is 6.13. The van der Waals surface area contributed by atoms with Crippen molar-refractivity contribution in [2.45, 2.75) is 23.1 Å². The van der Waals surface area contributed by atoms with Crippen LogP contribution < -0.4 is 5.73 Å². The van der Waals surface area contributed by atoms with E-state index in [1.165, 1.54) is 10.5 Å². The summed E-state index contributed by atoms with van der Waals surface area (Å²) in [6, 6.07) is 16.3. The maximum Gasteiger partial charge on any atom is 0.0492 e. The molecule has 19 heavy (non-hydrogen) atoms. The third-order valence-corrected chi connectivity index (χ3v) is 5.03. The first-order chi connectivity index (χ1) is 9.06. The van der Waals surface area contributed by atoms with E-state index in [4.69, 9.17) is 17.3 Å². The Balaban J connectivity index is 2.21. The van der Waals surface area contributed by atoms with E-state index in [1.54, 1.807) is 11.8 Å². The van der Waals surface area contributed by atoms with E-state index in [9.17, 15) is 0 Å². The van der Waals surface area contributed by atoms with Gasteiger partial charge in [0.05, 0.1) is 0 Å². The van der Waals surface area contributed by atoms with Gasteiger partial charge in [-0.05, 0) is 48.9 Å². The highest BCUT2D eigenvalue weighted by atomic mass is 79.9. The zero-order valence-electron chi connectivity index (χ0n) is 10.5. The fourth-order valence-electron chi connectivity index (χ4n) is 1.79. The van der Waals surface area contributed by atoms with Crippen LogP contribution in [0.25, 0.3) is 0 Å². The SMILES string of the molecule is CC(N)C(Sc1ccc(Cl)cc1)c1ccc(Br)cc1. The van der Waals surface area contributed by atoms with Crippen LogP contribution in [0.4, 0.5) is 0 Å². The molecule has 0 saturated heterocycles. The lowest BCUT2D eigenvalue weighted by atomic mass is 10.1. The molecular formula is C15H15BrClNS. The minimum absolute atomic E-state index is 0.0712. The van der Waals surface area contributed by atoms with Crippen LogP contribution in [0.3, 0.4) is 0 Å². The zero-order valence-corrected chi connectivity index (χ0v) is 13.7. The molecule has 2 aromatic carbocycles. The van der Waals surface area contributed by atoms with E-state index < -0.39 is 0 Å². The molecule has 0 amide bonds. The van der Waals surface area contributed by atoms with Gasteiger partial charge in [0.15, 0.2) is 0 Å². The third kappa shape index (κ3) is 4.25. The molecule has 0 aliphatic carbocycles. The van der Waals surface area contributed by atoms with Gasteiger partial charge in [-0.2, -0.15) is 0 Å². The number of nitrogens with two attached hydrogens (primary N) is 1. The number of benzene rings is 2. The van der Waals surface area contributed by atoms with Gasteiger partial charge in [0, 0.05) is 25.7 Å². The van der Waals surface area contributed by atoms with E-state index in [-0.39, 0.29) is 11.3 Å². The maximum atomic E-state index is 6.13. The topological polar surface area (TPSA) is 26.0 Å². The van der Waals surface area contributed by atoms with Gasteiger partial charge in [-0.1, -0.05) is 39.7 Å². The molecule has 2 aromatic rings. The fourth-order valence-corrected chi connectivity index (χ4v) is 3.28. The van der Waals surface area contributed by atoms with E-state index in [1.807, 2.05) is 43.3 Å². The first kappa shape index (κ1) is 14.9. The van der Waals surface area contributed by atoms with Crippen molar-refractivity contribution in [3.63, 3.8) is 0 Å². The molecule has 0 aliphatic rings.